The molecule has 1 rings (SSSR count). The Hall–Kier alpha value is 0.843. The third-order valence-corrected chi connectivity index (χ3v) is 0.702. The molecule has 0 bridgehead atoms. The molecule has 0 aromatic heterocycles. The average Bonchev–Trinajstić information content (AvgIpc) is 1.76. The predicted octanol–water partition coefficient (Wildman–Crippen LogP) is 2.31. The van der Waals surface area contributed by atoms with E-state index in [9.17, 15) is 0 Å². The minimum atomic E-state index is 0. The second-order valence-electron chi connectivity index (χ2n) is 1.18. The van der Waals surface area contributed by atoms with Gasteiger partial charge in [-0.2, -0.15) is 6.42 Å². The molecule has 1 fully saturated rings. The van der Waals surface area contributed by atoms with Gasteiger partial charge in [0.15, 0.2) is 0 Å². The zero-order valence-electron chi connectivity index (χ0n) is 6.61. The van der Waals surface area contributed by atoms with Crippen LogP contribution in [0.15, 0.2) is 0 Å². The molecule has 0 saturated carbocycles. The molecule has 1 aliphatic heterocycles. The Kier molecular flexibility index (Phi) is 39.9. The first-order chi connectivity index (χ1) is 2.50. The standard InChI is InChI=1S/C4H7O.3CH3.Zr/c1-2-4-5-3-1;;;;/h3H,1-2,4H2;3*1H3;/q4*-1;+4. The maximum absolute atomic E-state index is 4.82. The van der Waals surface area contributed by atoms with Gasteiger partial charge in [0.25, 0.3) is 0 Å². The summed E-state index contributed by atoms with van der Waals surface area (Å²) in [5.74, 6) is 0. The number of hydrogen-bond donors (Lipinski definition) is 0. The van der Waals surface area contributed by atoms with Crippen molar-refractivity contribution in [2.24, 2.45) is 0 Å². The molecular formula is C7H16OZr. The minimum Gasteiger partial charge on any atom is -0.552 e. The summed E-state index contributed by atoms with van der Waals surface area (Å²) in [5.41, 5.74) is 0. The fourth-order valence-electron chi connectivity index (χ4n) is 0.417. The van der Waals surface area contributed by atoms with E-state index in [4.69, 9.17) is 4.74 Å². The quantitative estimate of drug-likeness (QED) is 0.554. The van der Waals surface area contributed by atoms with E-state index >= 15 is 0 Å². The zero-order valence-corrected chi connectivity index (χ0v) is 9.06. The summed E-state index contributed by atoms with van der Waals surface area (Å²) < 4.78 is 4.82. The normalized spacial score (nSPS) is 13.3. The number of rotatable bonds is 0. The molecule has 0 radical (unpaired) electrons. The molecule has 0 aromatic rings. The summed E-state index contributed by atoms with van der Waals surface area (Å²) in [5, 5.41) is 0. The van der Waals surface area contributed by atoms with Crippen LogP contribution < -0.4 is 0 Å². The molecule has 1 aliphatic rings. The van der Waals surface area contributed by atoms with Crippen LogP contribution in [0.1, 0.15) is 12.8 Å². The predicted molar refractivity (Wildman–Crippen MR) is 38.7 cm³/mol. The minimum absolute atomic E-state index is 0. The van der Waals surface area contributed by atoms with Crippen LogP contribution in [0.4, 0.5) is 0 Å². The van der Waals surface area contributed by atoms with Crippen molar-refractivity contribution in [3.8, 4) is 0 Å². The summed E-state index contributed by atoms with van der Waals surface area (Å²) in [7, 11) is 0. The first-order valence-electron chi connectivity index (χ1n) is 1.93. The van der Waals surface area contributed by atoms with Crippen LogP contribution in [0.5, 0.6) is 0 Å². The van der Waals surface area contributed by atoms with Crippen molar-refractivity contribution in [1.82, 2.24) is 0 Å². The molecule has 2 heteroatoms. The van der Waals surface area contributed by atoms with Gasteiger partial charge in [0.05, 0.1) is 0 Å². The van der Waals surface area contributed by atoms with Gasteiger partial charge in [0.1, 0.15) is 0 Å². The smallest absolute Gasteiger partial charge is 0.552 e. The second kappa shape index (κ2) is 15.9. The molecule has 1 nitrogen and oxygen atoms in total. The largest absolute Gasteiger partial charge is 4.00 e. The summed E-state index contributed by atoms with van der Waals surface area (Å²) in [4.78, 5) is 0. The van der Waals surface area contributed by atoms with Gasteiger partial charge in [0.2, 0.25) is 0 Å². The van der Waals surface area contributed by atoms with Gasteiger partial charge in [-0.05, 0) is 0 Å². The third-order valence-electron chi connectivity index (χ3n) is 0.702. The Morgan fingerprint density at radius 1 is 1.11 bits per heavy atom. The molecular weight excluding hydrogens is 191 g/mol. The van der Waals surface area contributed by atoms with Crippen LogP contribution in [-0.2, 0) is 30.9 Å². The van der Waals surface area contributed by atoms with Gasteiger partial charge in [-0.25, -0.2) is 6.61 Å². The molecule has 0 aromatic carbocycles. The Balaban J connectivity index is -0.0000000312. The van der Waals surface area contributed by atoms with Crippen LogP contribution in [0, 0.1) is 28.9 Å². The number of hydrogen-bond acceptors (Lipinski definition) is 1. The third kappa shape index (κ3) is 12.1. The van der Waals surface area contributed by atoms with E-state index < -0.39 is 0 Å². The molecule has 1 heterocycles. The van der Waals surface area contributed by atoms with E-state index in [0.717, 1.165) is 13.0 Å². The average molecular weight is 207 g/mol. The van der Waals surface area contributed by atoms with Crippen molar-refractivity contribution in [1.29, 1.82) is 0 Å². The van der Waals surface area contributed by atoms with E-state index in [1.54, 1.807) is 0 Å². The van der Waals surface area contributed by atoms with E-state index in [1.165, 1.54) is 6.42 Å². The summed E-state index contributed by atoms with van der Waals surface area (Å²) in [6, 6.07) is 0. The molecule has 0 aliphatic carbocycles. The second-order valence-corrected chi connectivity index (χ2v) is 1.18. The topological polar surface area (TPSA) is 9.23 Å². The van der Waals surface area contributed by atoms with E-state index in [0.29, 0.717) is 0 Å². The summed E-state index contributed by atoms with van der Waals surface area (Å²) in [6.45, 7) is 2.81. The van der Waals surface area contributed by atoms with Crippen molar-refractivity contribution < 1.29 is 30.9 Å². The van der Waals surface area contributed by atoms with Crippen LogP contribution >= 0.6 is 0 Å². The molecule has 0 N–H and O–H groups in total. The monoisotopic (exact) mass is 206 g/mol. The first kappa shape index (κ1) is 22.5. The Bertz CT molecular complexity index is 20.5. The Morgan fingerprint density at radius 2 is 1.67 bits per heavy atom. The fraction of sp³-hybridized carbons (Fsp3) is 0.429. The van der Waals surface area contributed by atoms with Crippen molar-refractivity contribution >= 4 is 0 Å². The van der Waals surface area contributed by atoms with Gasteiger partial charge in [-0.3, -0.25) is 0 Å². The van der Waals surface area contributed by atoms with Crippen molar-refractivity contribution in [2.45, 2.75) is 12.8 Å². The molecule has 0 spiro atoms. The molecule has 0 unspecified atom stereocenters. The van der Waals surface area contributed by atoms with Gasteiger partial charge in [-0.1, -0.05) is 6.42 Å². The van der Waals surface area contributed by atoms with Crippen LogP contribution in [-0.4, -0.2) is 6.61 Å². The Labute approximate surface area is 79.3 Å². The van der Waals surface area contributed by atoms with E-state index in [1.807, 2.05) is 6.61 Å². The van der Waals surface area contributed by atoms with Gasteiger partial charge in [-0.15, -0.1) is 0 Å². The van der Waals surface area contributed by atoms with Crippen molar-refractivity contribution in [3.63, 3.8) is 0 Å². The van der Waals surface area contributed by atoms with E-state index in [-0.39, 0.29) is 48.5 Å². The molecule has 0 atom stereocenters. The van der Waals surface area contributed by atoms with Crippen LogP contribution in [0.3, 0.4) is 0 Å². The van der Waals surface area contributed by atoms with Crippen LogP contribution in [0.25, 0.3) is 0 Å². The molecule has 9 heavy (non-hydrogen) atoms. The van der Waals surface area contributed by atoms with Gasteiger partial charge in [0, 0.05) is 6.61 Å². The van der Waals surface area contributed by atoms with Gasteiger partial charge >= 0.3 is 26.2 Å². The fourth-order valence-corrected chi connectivity index (χ4v) is 0.417. The SMILES string of the molecule is [CH-]1CCCO1.[CH3-].[CH3-].[CH3-].[Zr+4]. The zero-order chi connectivity index (χ0) is 3.54. The maximum Gasteiger partial charge on any atom is 4.00 e. The summed E-state index contributed by atoms with van der Waals surface area (Å²) >= 11 is 0. The van der Waals surface area contributed by atoms with E-state index in [2.05, 4.69) is 0 Å². The molecule has 1 saturated heterocycles. The first-order valence-corrected chi connectivity index (χ1v) is 1.93. The van der Waals surface area contributed by atoms with Gasteiger partial charge < -0.3 is 27.0 Å². The molecule has 54 valence electrons. The molecule has 0 amide bonds. The Morgan fingerprint density at radius 3 is 1.78 bits per heavy atom. The van der Waals surface area contributed by atoms with Crippen molar-refractivity contribution in [3.05, 3.63) is 28.9 Å². The van der Waals surface area contributed by atoms with Crippen molar-refractivity contribution in [2.75, 3.05) is 6.61 Å². The number of ether oxygens (including phenoxy) is 1. The summed E-state index contributed by atoms with van der Waals surface area (Å²) in [6.07, 6.45) is 2.38. The maximum atomic E-state index is 4.82. The van der Waals surface area contributed by atoms with Crippen LogP contribution in [0.2, 0.25) is 0 Å².